The average molecular weight is 314 g/mol. The van der Waals surface area contributed by atoms with Gasteiger partial charge in [0.2, 0.25) is 10.0 Å². The molecule has 2 rings (SSSR count). The second-order valence-corrected chi connectivity index (χ2v) is 8.17. The van der Waals surface area contributed by atoms with Crippen LogP contribution >= 0.6 is 0 Å². The zero-order valence-electron chi connectivity index (χ0n) is 13.0. The molecular weight excluding hydrogens is 288 g/mol. The molecule has 2 heterocycles. The Bertz CT molecular complexity index is 515. The molecule has 2 atom stereocenters. The zero-order chi connectivity index (χ0) is 15.3. The Morgan fingerprint density at radius 1 is 1.43 bits per heavy atom. The van der Waals surface area contributed by atoms with Gasteiger partial charge in [-0.1, -0.05) is 20.3 Å². The molecule has 1 aromatic rings. The number of hydrogen-bond acceptors (Lipinski definition) is 4. The van der Waals surface area contributed by atoms with Crippen molar-refractivity contribution in [3.63, 3.8) is 0 Å². The summed E-state index contributed by atoms with van der Waals surface area (Å²) in [5, 5.41) is 4.11. The van der Waals surface area contributed by atoms with Gasteiger partial charge in [-0.3, -0.25) is 4.68 Å². The van der Waals surface area contributed by atoms with E-state index in [1.165, 1.54) is 6.33 Å². The van der Waals surface area contributed by atoms with Gasteiger partial charge in [0.1, 0.15) is 12.7 Å². The fraction of sp³-hybridized carbons (Fsp3) is 0.857. The van der Waals surface area contributed by atoms with Crippen molar-refractivity contribution in [2.75, 3.05) is 18.8 Å². The maximum absolute atomic E-state index is 12.5. The third-order valence-corrected chi connectivity index (χ3v) is 6.17. The van der Waals surface area contributed by atoms with Crippen molar-refractivity contribution >= 4 is 10.0 Å². The van der Waals surface area contributed by atoms with Gasteiger partial charge in [-0.2, -0.15) is 5.10 Å². The lowest BCUT2D eigenvalue weighted by Gasteiger charge is -2.32. The first-order valence-electron chi connectivity index (χ1n) is 7.81. The minimum atomic E-state index is -3.13. The first-order chi connectivity index (χ1) is 10.0. The van der Waals surface area contributed by atoms with Gasteiger partial charge in [-0.15, -0.1) is 0 Å². The Balaban J connectivity index is 1.93. The molecule has 0 amide bonds. The maximum Gasteiger partial charge on any atom is 0.214 e. The third-order valence-electron chi connectivity index (χ3n) is 4.06. The predicted octanol–water partition coefficient (Wildman–Crippen LogP) is 1.76. The van der Waals surface area contributed by atoms with Crippen LogP contribution in [-0.2, 0) is 16.6 Å². The van der Waals surface area contributed by atoms with Crippen LogP contribution in [0.3, 0.4) is 0 Å². The SMILES string of the molecule is CCC[C@H](C)CS(=O)(=O)N1CCC[C@@H](Cn2cncn2)C1. The van der Waals surface area contributed by atoms with Crippen molar-refractivity contribution in [1.82, 2.24) is 19.1 Å². The number of nitrogens with zero attached hydrogens (tertiary/aromatic N) is 4. The molecule has 1 aliphatic heterocycles. The van der Waals surface area contributed by atoms with E-state index in [0.717, 1.165) is 32.2 Å². The molecular formula is C14H26N4O2S. The molecule has 1 aliphatic rings. The highest BCUT2D eigenvalue weighted by atomic mass is 32.2. The summed E-state index contributed by atoms with van der Waals surface area (Å²) in [7, 11) is -3.13. The van der Waals surface area contributed by atoms with Gasteiger partial charge < -0.3 is 0 Å². The lowest BCUT2D eigenvalue weighted by molar-refractivity contribution is 0.238. The molecule has 1 fully saturated rings. The van der Waals surface area contributed by atoms with Crippen molar-refractivity contribution in [2.45, 2.75) is 46.1 Å². The molecule has 0 aliphatic carbocycles. The highest BCUT2D eigenvalue weighted by molar-refractivity contribution is 7.89. The monoisotopic (exact) mass is 314 g/mol. The van der Waals surface area contributed by atoms with Gasteiger partial charge in [0, 0.05) is 19.6 Å². The summed E-state index contributed by atoms with van der Waals surface area (Å²) >= 11 is 0. The fourth-order valence-corrected chi connectivity index (χ4v) is 5.00. The van der Waals surface area contributed by atoms with E-state index in [0.29, 0.717) is 19.0 Å². The summed E-state index contributed by atoms with van der Waals surface area (Å²) in [5.41, 5.74) is 0. The van der Waals surface area contributed by atoms with Crippen LogP contribution in [0.2, 0.25) is 0 Å². The van der Waals surface area contributed by atoms with Gasteiger partial charge in [-0.25, -0.2) is 17.7 Å². The second kappa shape index (κ2) is 7.35. The lowest BCUT2D eigenvalue weighted by atomic mass is 10.00. The molecule has 0 radical (unpaired) electrons. The topological polar surface area (TPSA) is 68.1 Å². The molecule has 0 bridgehead atoms. The summed E-state index contributed by atoms with van der Waals surface area (Å²) in [6.45, 7) is 6.14. The van der Waals surface area contributed by atoms with E-state index in [-0.39, 0.29) is 11.7 Å². The Morgan fingerprint density at radius 2 is 2.24 bits per heavy atom. The number of rotatable bonds is 7. The van der Waals surface area contributed by atoms with Crippen LogP contribution in [0.15, 0.2) is 12.7 Å². The summed E-state index contributed by atoms with van der Waals surface area (Å²) in [6.07, 6.45) is 7.19. The first kappa shape index (κ1) is 16.4. The summed E-state index contributed by atoms with van der Waals surface area (Å²) in [4.78, 5) is 3.94. The van der Waals surface area contributed by atoms with E-state index < -0.39 is 10.0 Å². The molecule has 21 heavy (non-hydrogen) atoms. The Labute approximate surface area is 127 Å². The predicted molar refractivity (Wildman–Crippen MR) is 82.2 cm³/mol. The molecule has 0 aromatic carbocycles. The Morgan fingerprint density at radius 3 is 2.90 bits per heavy atom. The van der Waals surface area contributed by atoms with Gasteiger partial charge in [0.05, 0.1) is 5.75 Å². The smallest absolute Gasteiger partial charge is 0.214 e. The maximum atomic E-state index is 12.5. The van der Waals surface area contributed by atoms with Crippen molar-refractivity contribution in [3.05, 3.63) is 12.7 Å². The molecule has 0 spiro atoms. The van der Waals surface area contributed by atoms with E-state index in [9.17, 15) is 8.42 Å². The molecule has 0 saturated carbocycles. The molecule has 1 aromatic heterocycles. The fourth-order valence-electron chi connectivity index (χ4n) is 3.06. The van der Waals surface area contributed by atoms with Crippen molar-refractivity contribution in [1.29, 1.82) is 0 Å². The van der Waals surface area contributed by atoms with Crippen molar-refractivity contribution in [2.24, 2.45) is 11.8 Å². The van der Waals surface area contributed by atoms with Crippen LogP contribution in [0.4, 0.5) is 0 Å². The van der Waals surface area contributed by atoms with Crippen LogP contribution < -0.4 is 0 Å². The molecule has 7 heteroatoms. The summed E-state index contributed by atoms with van der Waals surface area (Å²) in [5.74, 6) is 0.837. The Kier molecular flexibility index (Phi) is 5.75. The number of sulfonamides is 1. The quantitative estimate of drug-likeness (QED) is 0.769. The molecule has 0 N–H and O–H groups in total. The Hall–Kier alpha value is -0.950. The zero-order valence-corrected chi connectivity index (χ0v) is 13.8. The summed E-state index contributed by atoms with van der Waals surface area (Å²) in [6, 6.07) is 0. The normalized spacial score (nSPS) is 22.3. The van der Waals surface area contributed by atoms with Crippen LogP contribution in [0, 0.1) is 11.8 Å². The van der Waals surface area contributed by atoms with E-state index in [4.69, 9.17) is 0 Å². The van der Waals surface area contributed by atoms with Gasteiger partial charge in [0.25, 0.3) is 0 Å². The third kappa shape index (κ3) is 4.78. The average Bonchev–Trinajstić information content (AvgIpc) is 2.91. The number of aromatic nitrogens is 3. The van der Waals surface area contributed by atoms with Crippen molar-refractivity contribution < 1.29 is 8.42 Å². The van der Waals surface area contributed by atoms with E-state index >= 15 is 0 Å². The minimum absolute atomic E-state index is 0.232. The molecule has 6 nitrogen and oxygen atoms in total. The second-order valence-electron chi connectivity index (χ2n) is 6.16. The standard InChI is InChI=1S/C14H26N4O2S/c1-3-5-13(2)10-21(19,20)18-7-4-6-14(9-18)8-17-12-15-11-16-17/h11-14H,3-10H2,1-2H3/t13-,14-/m0/s1. The highest BCUT2D eigenvalue weighted by Crippen LogP contribution is 2.22. The minimum Gasteiger partial charge on any atom is -0.253 e. The molecule has 1 saturated heterocycles. The van der Waals surface area contributed by atoms with E-state index in [2.05, 4.69) is 17.0 Å². The van der Waals surface area contributed by atoms with Crippen LogP contribution in [0.25, 0.3) is 0 Å². The number of hydrogen-bond donors (Lipinski definition) is 0. The van der Waals surface area contributed by atoms with Gasteiger partial charge >= 0.3 is 0 Å². The van der Waals surface area contributed by atoms with Crippen LogP contribution in [0.1, 0.15) is 39.5 Å². The van der Waals surface area contributed by atoms with Gasteiger partial charge in [-0.05, 0) is 31.1 Å². The molecule has 0 unspecified atom stereocenters. The first-order valence-corrected chi connectivity index (χ1v) is 9.42. The highest BCUT2D eigenvalue weighted by Gasteiger charge is 2.30. The van der Waals surface area contributed by atoms with E-state index in [1.54, 1.807) is 15.3 Å². The molecule has 120 valence electrons. The van der Waals surface area contributed by atoms with Crippen LogP contribution in [-0.4, -0.2) is 46.3 Å². The van der Waals surface area contributed by atoms with E-state index in [1.807, 2.05) is 6.92 Å². The number of piperidine rings is 1. The van der Waals surface area contributed by atoms with Crippen molar-refractivity contribution in [3.8, 4) is 0 Å². The largest absolute Gasteiger partial charge is 0.253 e. The summed E-state index contributed by atoms with van der Waals surface area (Å²) < 4.78 is 28.5. The van der Waals surface area contributed by atoms with Crippen LogP contribution in [0.5, 0.6) is 0 Å². The van der Waals surface area contributed by atoms with Gasteiger partial charge in [0.15, 0.2) is 0 Å². The lowest BCUT2D eigenvalue weighted by Crippen LogP contribution is -2.43.